The number of anilines is 2. The van der Waals surface area contributed by atoms with Crippen LogP contribution in [0, 0.1) is 34.6 Å². The van der Waals surface area contributed by atoms with E-state index in [0.29, 0.717) is 11.4 Å². The van der Waals surface area contributed by atoms with Crippen LogP contribution in [0.1, 0.15) is 97.6 Å². The van der Waals surface area contributed by atoms with Crippen molar-refractivity contribution in [3.8, 4) is 23.0 Å². The van der Waals surface area contributed by atoms with Crippen molar-refractivity contribution in [3.63, 3.8) is 0 Å². The highest BCUT2D eigenvalue weighted by molar-refractivity contribution is 6.12. The molecule has 0 aliphatic carbocycles. The Labute approximate surface area is 454 Å². The van der Waals surface area contributed by atoms with Gasteiger partial charge in [0.1, 0.15) is 52.0 Å². The number of aromatic amines is 3. The molecule has 2 amide bonds. The molecule has 2 aliphatic heterocycles. The summed E-state index contributed by atoms with van der Waals surface area (Å²) in [5.74, 6) is -4.71. The number of methoxy groups -OCH3 is 2. The van der Waals surface area contributed by atoms with Crippen LogP contribution in [-0.2, 0) is 28.4 Å². The summed E-state index contributed by atoms with van der Waals surface area (Å²) in [4.78, 5) is 89.0. The van der Waals surface area contributed by atoms with Crippen molar-refractivity contribution in [2.75, 3.05) is 24.9 Å². The number of fused-ring (bicyclic) bond motifs is 2. The molecule has 2 aromatic carbocycles. The van der Waals surface area contributed by atoms with Gasteiger partial charge in [0.05, 0.1) is 27.5 Å². The van der Waals surface area contributed by atoms with Gasteiger partial charge in [0.2, 0.25) is 12.6 Å². The summed E-state index contributed by atoms with van der Waals surface area (Å²) in [6.07, 6.45) is -9.34. The molecule has 0 saturated carbocycles. The fraction of sp³-hybridized carbons (Fsp3) is 0.382. The maximum Gasteiger partial charge on any atom is 0.364 e. The van der Waals surface area contributed by atoms with Crippen LogP contribution in [0.3, 0.4) is 0 Å². The Morgan fingerprint density at radius 1 is 0.588 bits per heavy atom. The fourth-order valence-corrected chi connectivity index (χ4v) is 10.0. The summed E-state index contributed by atoms with van der Waals surface area (Å²) >= 11 is 0. The molecular formula is C55H59N5O20. The third-order valence-electron chi connectivity index (χ3n) is 14.2. The number of aliphatic hydroxyl groups is 2. The predicted octanol–water partition coefficient (Wildman–Crippen LogP) is 5.57. The van der Waals surface area contributed by atoms with Gasteiger partial charge >= 0.3 is 23.2 Å². The van der Waals surface area contributed by atoms with Gasteiger partial charge in [-0.25, -0.2) is 19.2 Å². The Morgan fingerprint density at radius 2 is 1.00 bits per heavy atom. The van der Waals surface area contributed by atoms with Crippen molar-refractivity contribution in [3.05, 3.63) is 126 Å². The van der Waals surface area contributed by atoms with Crippen LogP contribution < -0.4 is 31.4 Å². The van der Waals surface area contributed by atoms with E-state index in [2.05, 4.69) is 25.6 Å². The molecule has 2 saturated heterocycles. The molecule has 8 atom stereocenters. The maximum atomic E-state index is 13.7. The largest absolute Gasteiger partial charge is 0.505 e. The molecule has 7 heterocycles. The highest BCUT2D eigenvalue weighted by Crippen LogP contribution is 2.41. The summed E-state index contributed by atoms with van der Waals surface area (Å²) in [5, 5.41) is 50.4. The number of amides is 2. The van der Waals surface area contributed by atoms with Crippen molar-refractivity contribution < 1.29 is 86.3 Å². The number of rotatable bonds is 14. The molecule has 9 N–H and O–H groups in total. The molecule has 0 bridgehead atoms. The quantitative estimate of drug-likeness (QED) is 0.0474. The van der Waals surface area contributed by atoms with E-state index in [0.717, 1.165) is 6.20 Å². The van der Waals surface area contributed by atoms with E-state index < -0.39 is 118 Å². The molecule has 0 spiro atoms. The van der Waals surface area contributed by atoms with Gasteiger partial charge in [-0.15, -0.1) is 0 Å². The molecule has 2 fully saturated rings. The minimum Gasteiger partial charge on any atom is -0.505 e. The molecule has 2 aliphatic rings. The van der Waals surface area contributed by atoms with E-state index in [1.165, 1.54) is 71.4 Å². The van der Waals surface area contributed by atoms with Gasteiger partial charge in [-0.1, -0.05) is 0 Å². The van der Waals surface area contributed by atoms with Gasteiger partial charge in [-0.2, -0.15) is 0 Å². The Balaban J connectivity index is 0.890. The minimum atomic E-state index is -1.59. The van der Waals surface area contributed by atoms with E-state index >= 15 is 0 Å². The summed E-state index contributed by atoms with van der Waals surface area (Å²) < 4.78 is 58.3. The lowest BCUT2D eigenvalue weighted by molar-refractivity contribution is -0.305. The van der Waals surface area contributed by atoms with E-state index in [1.54, 1.807) is 53.7 Å². The number of aliphatic hydroxyl groups excluding tert-OH is 2. The molecule has 25 heteroatoms. The van der Waals surface area contributed by atoms with Gasteiger partial charge < -0.3 is 92.7 Å². The molecule has 9 rings (SSSR count). The average Bonchev–Trinajstić information content (AvgIpc) is 4.22. The normalized spacial score (nSPS) is 22.4. The average molecular weight is 1110 g/mol. The third kappa shape index (κ3) is 10.2. The number of hydrogen-bond acceptors (Lipinski definition) is 20. The van der Waals surface area contributed by atoms with Crippen molar-refractivity contribution in [1.29, 1.82) is 0 Å². The first-order chi connectivity index (χ1) is 37.7. The highest BCUT2D eigenvalue weighted by Gasteiger charge is 2.55. The van der Waals surface area contributed by atoms with Gasteiger partial charge in [-0.3, -0.25) is 9.59 Å². The van der Waals surface area contributed by atoms with Crippen LogP contribution in [-0.4, -0.2) is 134 Å². The predicted molar refractivity (Wildman–Crippen MR) is 281 cm³/mol. The van der Waals surface area contributed by atoms with E-state index in [1.807, 2.05) is 0 Å². The number of carbonyl (C=O) groups is 4. The minimum absolute atomic E-state index is 0.0247. The van der Waals surface area contributed by atoms with Crippen LogP contribution in [0.5, 0.6) is 23.0 Å². The SMILES string of the molecule is CO[C@@H]1[C@H](OC(=O)c2ccc(C)[nH]2)[C@H](O)[C@H](Oc2ccc3c(O)c(NC(=O)c4c[nH]c(C(=O)Nc5c(O)c6ccc(O[C@@H]7OC(C)(C)[C@H](OC)[C@H](OC(=O)c8ccc(C)[nH]8)[C@H]7O)c(C)c6oc5=O)c4C)c(=O)oc3c2C)OC1(C)C. The van der Waals surface area contributed by atoms with E-state index in [4.69, 9.17) is 46.7 Å². The molecule has 0 radical (unpaired) electrons. The van der Waals surface area contributed by atoms with Crippen molar-refractivity contribution in [2.24, 2.45) is 0 Å². The Kier molecular flexibility index (Phi) is 15.0. The lowest BCUT2D eigenvalue weighted by Gasteiger charge is -2.47. The number of carbonyl (C=O) groups excluding carboxylic acids is 4. The number of ether oxygens (including phenoxy) is 8. The standard InChI is InChI=1S/C55H59N5O20/c1-21-12-16-29(57-21)48(67)77-42-38(63)52(79-54(6,7)44(42)71-10)73-31-18-14-26-36(61)34(50(69)75-40(26)24(31)4)59-46(65)28-20-56-33(23(28)3)47(66)60-35-37(62)27-15-19-32(25(5)41(27)76-51(35)70)74-53-39(64)43(45(72-11)55(8,9)80-53)78-49(68)30-17-13-22(2)58-30/h12-20,38-39,42-45,52-53,56-58,61-64H,1-11H3,(H,59,65)(H,60,66)/t38-,39+,42+,43+,44+,45+,52+,53+/m0/s1. The summed E-state index contributed by atoms with van der Waals surface area (Å²) in [7, 11) is 2.76. The second-order valence-corrected chi connectivity index (χ2v) is 20.5. The van der Waals surface area contributed by atoms with Crippen molar-refractivity contribution in [2.45, 2.75) is 123 Å². The monoisotopic (exact) mass is 1110 g/mol. The summed E-state index contributed by atoms with van der Waals surface area (Å²) in [5.41, 5.74) is -4.60. The van der Waals surface area contributed by atoms with Gasteiger partial charge in [0.15, 0.2) is 47.3 Å². The summed E-state index contributed by atoms with van der Waals surface area (Å²) in [6.45, 7) is 14.6. The first-order valence-electron chi connectivity index (χ1n) is 25.0. The Hall–Kier alpha value is -8.46. The second kappa shape index (κ2) is 21.3. The molecule has 25 nitrogen and oxygen atoms in total. The van der Waals surface area contributed by atoms with Crippen LogP contribution in [0.25, 0.3) is 21.9 Å². The topological polar surface area (TPSA) is 355 Å². The zero-order valence-electron chi connectivity index (χ0n) is 45.1. The molecule has 5 aromatic heterocycles. The first kappa shape index (κ1) is 56.3. The number of benzene rings is 2. The summed E-state index contributed by atoms with van der Waals surface area (Å²) in [6, 6.07) is 11.9. The number of aromatic hydroxyl groups is 2. The lowest BCUT2D eigenvalue weighted by atomic mass is 9.89. The van der Waals surface area contributed by atoms with Crippen LogP contribution >= 0.6 is 0 Å². The molecule has 424 valence electrons. The molecule has 80 heavy (non-hydrogen) atoms. The maximum absolute atomic E-state index is 13.7. The molecule has 0 unspecified atom stereocenters. The van der Waals surface area contributed by atoms with Crippen molar-refractivity contribution >= 4 is 57.1 Å². The fourth-order valence-electron chi connectivity index (χ4n) is 10.0. The van der Waals surface area contributed by atoms with E-state index in [-0.39, 0.29) is 72.8 Å². The molecule has 7 aromatic rings. The Bertz CT molecular complexity index is 3480. The zero-order chi connectivity index (χ0) is 58.0. The smallest absolute Gasteiger partial charge is 0.364 e. The number of nitrogens with one attached hydrogen (secondary N) is 5. The Morgan fingerprint density at radius 3 is 1.39 bits per heavy atom. The second-order valence-electron chi connectivity index (χ2n) is 20.5. The third-order valence-corrected chi connectivity index (χ3v) is 14.2. The molecular weight excluding hydrogens is 1050 g/mol. The van der Waals surface area contributed by atoms with Gasteiger partial charge in [-0.05, 0) is 116 Å². The number of aromatic nitrogens is 3. The number of H-pyrrole nitrogens is 3. The number of esters is 2. The van der Waals surface area contributed by atoms with Crippen LogP contribution in [0.2, 0.25) is 0 Å². The van der Waals surface area contributed by atoms with Gasteiger partial charge in [0.25, 0.3) is 11.8 Å². The number of hydrogen-bond donors (Lipinski definition) is 9. The van der Waals surface area contributed by atoms with Crippen LogP contribution in [0.15, 0.2) is 73.2 Å². The lowest BCUT2D eigenvalue weighted by Crippen LogP contribution is -2.65. The first-order valence-corrected chi connectivity index (χ1v) is 25.0. The van der Waals surface area contributed by atoms with Gasteiger partial charge in [0, 0.05) is 42.9 Å². The van der Waals surface area contributed by atoms with Crippen LogP contribution in [0.4, 0.5) is 11.4 Å². The van der Waals surface area contributed by atoms with Crippen molar-refractivity contribution in [1.82, 2.24) is 15.0 Å². The van der Waals surface area contributed by atoms with E-state index in [9.17, 15) is 49.2 Å². The number of aryl methyl sites for hydroxylation is 4. The zero-order valence-corrected chi connectivity index (χ0v) is 45.1. The highest BCUT2D eigenvalue weighted by atomic mass is 16.7.